The van der Waals surface area contributed by atoms with E-state index in [9.17, 15) is 4.79 Å². The van der Waals surface area contributed by atoms with Crippen molar-refractivity contribution < 1.29 is 4.79 Å². The molecule has 0 aromatic carbocycles. The average Bonchev–Trinajstić information content (AvgIpc) is 2.31. The molecule has 0 aliphatic carbocycles. The van der Waals surface area contributed by atoms with E-state index in [0.29, 0.717) is 12.3 Å². The Morgan fingerprint density at radius 3 is 2.47 bits per heavy atom. The third-order valence-electron chi connectivity index (χ3n) is 3.94. The first-order valence-corrected chi connectivity index (χ1v) is 6.59. The first-order chi connectivity index (χ1) is 7.86. The lowest BCUT2D eigenvalue weighted by molar-refractivity contribution is -0.135. The van der Waals surface area contributed by atoms with Crippen molar-refractivity contribution in [3.63, 3.8) is 0 Å². The Bertz CT molecular complexity index is 257. The molecule has 1 unspecified atom stereocenters. The molecule has 1 fully saturated rings. The van der Waals surface area contributed by atoms with Gasteiger partial charge in [-0.15, -0.1) is 0 Å². The van der Waals surface area contributed by atoms with Crippen molar-refractivity contribution in [2.75, 3.05) is 33.7 Å². The molecule has 1 aliphatic rings. The van der Waals surface area contributed by atoms with Crippen LogP contribution in [0.15, 0.2) is 0 Å². The van der Waals surface area contributed by atoms with Gasteiger partial charge < -0.3 is 15.5 Å². The Kier molecular flexibility index (Phi) is 4.95. The summed E-state index contributed by atoms with van der Waals surface area (Å²) < 4.78 is 0. The Balaban J connectivity index is 2.44. The fourth-order valence-corrected chi connectivity index (χ4v) is 2.30. The molecule has 0 radical (unpaired) electrons. The molecule has 4 nitrogen and oxygen atoms in total. The van der Waals surface area contributed by atoms with E-state index in [1.54, 1.807) is 0 Å². The number of piperidine rings is 1. The van der Waals surface area contributed by atoms with E-state index in [1.165, 1.54) is 12.8 Å². The van der Waals surface area contributed by atoms with Crippen LogP contribution in [0.3, 0.4) is 0 Å². The van der Waals surface area contributed by atoms with Crippen molar-refractivity contribution in [3.05, 3.63) is 0 Å². The second kappa shape index (κ2) is 5.83. The summed E-state index contributed by atoms with van der Waals surface area (Å²) in [7, 11) is 4.03. The number of nitrogens with zero attached hydrogens (tertiary/aromatic N) is 2. The molecule has 1 saturated heterocycles. The molecule has 17 heavy (non-hydrogen) atoms. The maximum absolute atomic E-state index is 12.1. The van der Waals surface area contributed by atoms with E-state index in [0.717, 1.165) is 19.6 Å². The monoisotopic (exact) mass is 241 g/mol. The van der Waals surface area contributed by atoms with Crippen LogP contribution in [0.4, 0.5) is 0 Å². The lowest BCUT2D eigenvalue weighted by atomic mass is 9.94. The van der Waals surface area contributed by atoms with E-state index in [-0.39, 0.29) is 5.91 Å². The molecular weight excluding hydrogens is 214 g/mol. The summed E-state index contributed by atoms with van der Waals surface area (Å²) in [6, 6.07) is 0. The molecule has 0 aromatic heterocycles. The molecule has 1 amide bonds. The van der Waals surface area contributed by atoms with Gasteiger partial charge in [-0.2, -0.15) is 0 Å². The number of carbonyl (C=O) groups is 1. The maximum atomic E-state index is 12.1. The third-order valence-corrected chi connectivity index (χ3v) is 3.94. The molecule has 1 aliphatic heterocycles. The fourth-order valence-electron chi connectivity index (χ4n) is 2.30. The quantitative estimate of drug-likeness (QED) is 0.796. The van der Waals surface area contributed by atoms with Crippen LogP contribution in [-0.2, 0) is 4.79 Å². The zero-order chi connectivity index (χ0) is 13.1. The van der Waals surface area contributed by atoms with Crippen LogP contribution >= 0.6 is 0 Å². The van der Waals surface area contributed by atoms with Crippen molar-refractivity contribution in [1.82, 2.24) is 9.80 Å². The van der Waals surface area contributed by atoms with Gasteiger partial charge in [0.25, 0.3) is 0 Å². The van der Waals surface area contributed by atoms with E-state index in [4.69, 9.17) is 5.73 Å². The number of rotatable bonds is 4. The second-order valence-electron chi connectivity index (χ2n) is 5.70. The van der Waals surface area contributed by atoms with Crippen molar-refractivity contribution in [1.29, 1.82) is 0 Å². The van der Waals surface area contributed by atoms with Crippen LogP contribution in [-0.4, -0.2) is 55.0 Å². The van der Waals surface area contributed by atoms with Gasteiger partial charge in [0.15, 0.2) is 0 Å². The number of likely N-dealkylation sites (N-methyl/N-ethyl adjacent to an activating group) is 1. The Hall–Kier alpha value is -0.610. The van der Waals surface area contributed by atoms with E-state index >= 15 is 0 Å². The minimum absolute atomic E-state index is 0.0685. The van der Waals surface area contributed by atoms with E-state index in [1.807, 2.05) is 25.8 Å². The van der Waals surface area contributed by atoms with Crippen LogP contribution in [0.1, 0.15) is 33.1 Å². The van der Waals surface area contributed by atoms with E-state index in [2.05, 4.69) is 11.9 Å². The zero-order valence-corrected chi connectivity index (χ0v) is 11.7. The topological polar surface area (TPSA) is 49.6 Å². The second-order valence-corrected chi connectivity index (χ2v) is 5.70. The predicted molar refractivity (Wildman–Crippen MR) is 70.7 cm³/mol. The molecule has 1 atom stereocenters. The van der Waals surface area contributed by atoms with Crippen LogP contribution < -0.4 is 5.73 Å². The van der Waals surface area contributed by atoms with Crippen LogP contribution in [0.25, 0.3) is 0 Å². The van der Waals surface area contributed by atoms with Gasteiger partial charge in [0, 0.05) is 13.6 Å². The largest absolute Gasteiger partial charge is 0.344 e. The zero-order valence-electron chi connectivity index (χ0n) is 11.7. The van der Waals surface area contributed by atoms with Gasteiger partial charge in [-0.25, -0.2) is 0 Å². The number of nitrogens with two attached hydrogens (primary N) is 1. The molecular formula is C13H27N3O. The minimum atomic E-state index is -0.708. The molecule has 0 bridgehead atoms. The summed E-state index contributed by atoms with van der Waals surface area (Å²) in [5.41, 5.74) is 5.28. The summed E-state index contributed by atoms with van der Waals surface area (Å²) >= 11 is 0. The molecule has 1 heterocycles. The van der Waals surface area contributed by atoms with Crippen LogP contribution in [0, 0.1) is 5.92 Å². The first-order valence-electron chi connectivity index (χ1n) is 6.59. The summed E-state index contributed by atoms with van der Waals surface area (Å²) in [6.45, 7) is 6.90. The van der Waals surface area contributed by atoms with Gasteiger partial charge in [-0.05, 0) is 52.2 Å². The number of amides is 1. The normalized spacial score (nSPS) is 22.2. The Morgan fingerprint density at radius 2 is 2.00 bits per heavy atom. The van der Waals surface area contributed by atoms with Gasteiger partial charge in [0.1, 0.15) is 0 Å². The highest BCUT2D eigenvalue weighted by molar-refractivity contribution is 5.85. The van der Waals surface area contributed by atoms with E-state index < -0.39 is 5.54 Å². The smallest absolute Gasteiger partial charge is 0.242 e. The van der Waals surface area contributed by atoms with Crippen molar-refractivity contribution in [3.8, 4) is 0 Å². The predicted octanol–water partition coefficient (Wildman–Crippen LogP) is 0.914. The minimum Gasteiger partial charge on any atom is -0.344 e. The molecule has 0 saturated carbocycles. The SMILES string of the molecule is CCC(C)(N)C(=O)N(C)CC1CCN(C)CC1. The molecule has 0 spiro atoms. The lowest BCUT2D eigenvalue weighted by Gasteiger charge is -2.34. The number of hydrogen-bond acceptors (Lipinski definition) is 3. The number of hydrogen-bond donors (Lipinski definition) is 1. The lowest BCUT2D eigenvalue weighted by Crippen LogP contribution is -2.53. The summed E-state index contributed by atoms with van der Waals surface area (Å²) in [6.07, 6.45) is 3.05. The molecule has 0 aromatic rings. The van der Waals surface area contributed by atoms with Crippen molar-refractivity contribution in [2.24, 2.45) is 11.7 Å². The standard InChI is InChI=1S/C13H27N3O/c1-5-13(2,14)12(17)16(4)10-11-6-8-15(3)9-7-11/h11H,5-10,14H2,1-4H3. The van der Waals surface area contributed by atoms with Gasteiger partial charge in [0.2, 0.25) is 5.91 Å². The average molecular weight is 241 g/mol. The van der Waals surface area contributed by atoms with Crippen LogP contribution in [0.5, 0.6) is 0 Å². The van der Waals surface area contributed by atoms with Gasteiger partial charge in [-0.1, -0.05) is 6.92 Å². The molecule has 2 N–H and O–H groups in total. The van der Waals surface area contributed by atoms with Gasteiger partial charge >= 0.3 is 0 Å². The summed E-state index contributed by atoms with van der Waals surface area (Å²) in [5.74, 6) is 0.701. The highest BCUT2D eigenvalue weighted by Crippen LogP contribution is 2.18. The highest BCUT2D eigenvalue weighted by Gasteiger charge is 2.30. The third kappa shape index (κ3) is 3.96. The Morgan fingerprint density at radius 1 is 1.47 bits per heavy atom. The maximum Gasteiger partial charge on any atom is 0.242 e. The van der Waals surface area contributed by atoms with Crippen molar-refractivity contribution in [2.45, 2.75) is 38.6 Å². The molecule has 1 rings (SSSR count). The molecule has 100 valence electrons. The number of carbonyl (C=O) groups excluding carboxylic acids is 1. The number of likely N-dealkylation sites (tertiary alicyclic amines) is 1. The van der Waals surface area contributed by atoms with Crippen LogP contribution in [0.2, 0.25) is 0 Å². The Labute approximate surface area is 105 Å². The summed E-state index contributed by atoms with van der Waals surface area (Å²) in [4.78, 5) is 16.3. The fraction of sp³-hybridized carbons (Fsp3) is 0.923. The molecule has 4 heteroatoms. The van der Waals surface area contributed by atoms with Crippen molar-refractivity contribution >= 4 is 5.91 Å². The van der Waals surface area contributed by atoms with Gasteiger partial charge in [-0.3, -0.25) is 4.79 Å². The van der Waals surface area contributed by atoms with Gasteiger partial charge in [0.05, 0.1) is 5.54 Å². The summed E-state index contributed by atoms with van der Waals surface area (Å²) in [5, 5.41) is 0. The highest BCUT2D eigenvalue weighted by atomic mass is 16.2. The first kappa shape index (κ1) is 14.5.